The maximum atomic E-state index is 5.77. The molecule has 0 aliphatic rings. The number of ether oxygens (including phenoxy) is 3. The average molecular weight is 243 g/mol. The topological polar surface area (TPSA) is 27.7 Å². The third kappa shape index (κ3) is 2.83. The van der Waals surface area contributed by atoms with E-state index in [0.717, 1.165) is 5.56 Å². The van der Waals surface area contributed by atoms with Gasteiger partial charge in [-0.25, -0.2) is 0 Å². The van der Waals surface area contributed by atoms with Crippen molar-refractivity contribution in [1.29, 1.82) is 0 Å². The van der Waals surface area contributed by atoms with Crippen LogP contribution in [0.4, 0.5) is 0 Å². The Kier molecular flexibility index (Phi) is 4.99. The molecule has 0 aromatic heterocycles. The predicted octanol–water partition coefficient (Wildman–Crippen LogP) is 3.01. The van der Waals surface area contributed by atoms with Gasteiger partial charge in [0.25, 0.3) is 0 Å². The van der Waals surface area contributed by atoms with E-state index in [1.807, 2.05) is 12.1 Å². The molecule has 3 nitrogen and oxygen atoms in total. The molecule has 0 radical (unpaired) electrons. The lowest BCUT2D eigenvalue weighted by molar-refractivity contribution is 0.300. The van der Waals surface area contributed by atoms with E-state index in [2.05, 4.69) is 6.58 Å². The Labute approximate surface area is 101 Å². The maximum absolute atomic E-state index is 5.77. The van der Waals surface area contributed by atoms with Gasteiger partial charge in [0.2, 0.25) is 5.75 Å². The van der Waals surface area contributed by atoms with Gasteiger partial charge in [-0.05, 0) is 17.7 Å². The summed E-state index contributed by atoms with van der Waals surface area (Å²) in [6.07, 6.45) is 1.66. The second-order valence-corrected chi connectivity index (χ2v) is 3.33. The van der Waals surface area contributed by atoms with Crippen LogP contribution in [0.25, 0.3) is 0 Å². The molecule has 1 aromatic rings. The Balaban J connectivity index is 3.14. The van der Waals surface area contributed by atoms with Gasteiger partial charge in [-0.15, -0.1) is 11.6 Å². The normalized spacial score (nSPS) is 9.69. The summed E-state index contributed by atoms with van der Waals surface area (Å²) in [6.45, 7) is 3.99. The van der Waals surface area contributed by atoms with Gasteiger partial charge in [0.15, 0.2) is 11.5 Å². The highest BCUT2D eigenvalue weighted by molar-refractivity contribution is 6.17. The number of rotatable bonds is 6. The third-order valence-electron chi connectivity index (χ3n) is 2.02. The van der Waals surface area contributed by atoms with Crippen LogP contribution in [0.15, 0.2) is 24.8 Å². The van der Waals surface area contributed by atoms with Crippen molar-refractivity contribution in [2.24, 2.45) is 0 Å². The Morgan fingerprint density at radius 3 is 2.19 bits per heavy atom. The van der Waals surface area contributed by atoms with Crippen LogP contribution in [0.3, 0.4) is 0 Å². The Bertz CT molecular complexity index is 338. The molecular formula is C12H15ClO3. The van der Waals surface area contributed by atoms with Gasteiger partial charge < -0.3 is 14.2 Å². The van der Waals surface area contributed by atoms with Crippen LogP contribution >= 0.6 is 11.6 Å². The summed E-state index contributed by atoms with van der Waals surface area (Å²) in [5.41, 5.74) is 0.918. The summed E-state index contributed by atoms with van der Waals surface area (Å²) in [5.74, 6) is 2.18. The Hall–Kier alpha value is -1.35. The van der Waals surface area contributed by atoms with Crippen molar-refractivity contribution in [3.05, 3.63) is 30.4 Å². The molecule has 0 fully saturated rings. The van der Waals surface area contributed by atoms with E-state index in [1.54, 1.807) is 20.3 Å². The van der Waals surface area contributed by atoms with E-state index in [1.165, 1.54) is 0 Å². The zero-order valence-corrected chi connectivity index (χ0v) is 10.2. The monoisotopic (exact) mass is 242 g/mol. The number of methoxy groups -OCH3 is 2. The standard InChI is InChI=1S/C12H15ClO3/c1-4-5-16-12-10(14-2)6-9(8-13)7-11(12)15-3/h4,6-7H,1,5,8H2,2-3H3. The van der Waals surface area contributed by atoms with Crippen molar-refractivity contribution >= 4 is 11.6 Å². The molecule has 0 unspecified atom stereocenters. The van der Waals surface area contributed by atoms with Gasteiger partial charge >= 0.3 is 0 Å². The van der Waals surface area contributed by atoms with Crippen LogP contribution in [0.1, 0.15) is 5.56 Å². The van der Waals surface area contributed by atoms with Gasteiger partial charge in [0.05, 0.1) is 14.2 Å². The largest absolute Gasteiger partial charge is 0.493 e. The molecule has 0 bridgehead atoms. The van der Waals surface area contributed by atoms with E-state index >= 15 is 0 Å². The van der Waals surface area contributed by atoms with E-state index in [9.17, 15) is 0 Å². The molecule has 0 atom stereocenters. The van der Waals surface area contributed by atoms with Gasteiger partial charge in [0, 0.05) is 5.88 Å². The molecule has 0 spiro atoms. The quantitative estimate of drug-likeness (QED) is 0.567. The van der Waals surface area contributed by atoms with Crippen LogP contribution < -0.4 is 14.2 Å². The summed E-state index contributed by atoms with van der Waals surface area (Å²) in [7, 11) is 3.15. The minimum absolute atomic E-state index is 0.396. The molecule has 1 aromatic carbocycles. The molecule has 0 saturated carbocycles. The molecule has 88 valence electrons. The highest BCUT2D eigenvalue weighted by Crippen LogP contribution is 2.38. The molecule has 1 rings (SSSR count). The fourth-order valence-electron chi connectivity index (χ4n) is 1.30. The Morgan fingerprint density at radius 1 is 1.25 bits per heavy atom. The third-order valence-corrected chi connectivity index (χ3v) is 2.33. The van der Waals surface area contributed by atoms with Crippen LogP contribution in [0.5, 0.6) is 17.2 Å². The molecule has 0 aliphatic carbocycles. The average Bonchev–Trinajstić information content (AvgIpc) is 2.35. The maximum Gasteiger partial charge on any atom is 0.203 e. The lowest BCUT2D eigenvalue weighted by Crippen LogP contribution is -2.00. The number of halogens is 1. The second kappa shape index (κ2) is 6.28. The van der Waals surface area contributed by atoms with Crippen molar-refractivity contribution in [3.63, 3.8) is 0 Å². The van der Waals surface area contributed by atoms with Gasteiger partial charge in [-0.3, -0.25) is 0 Å². The molecular weight excluding hydrogens is 228 g/mol. The van der Waals surface area contributed by atoms with Crippen molar-refractivity contribution in [3.8, 4) is 17.2 Å². The zero-order valence-electron chi connectivity index (χ0n) is 9.46. The van der Waals surface area contributed by atoms with Gasteiger partial charge in [-0.2, -0.15) is 0 Å². The summed E-state index contributed by atoms with van der Waals surface area (Å²) in [6, 6.07) is 3.65. The minimum Gasteiger partial charge on any atom is -0.493 e. The molecule has 0 heterocycles. The lowest BCUT2D eigenvalue weighted by Gasteiger charge is -2.14. The number of hydrogen-bond donors (Lipinski definition) is 0. The van der Waals surface area contributed by atoms with E-state index in [0.29, 0.717) is 29.7 Å². The number of benzene rings is 1. The SMILES string of the molecule is C=CCOc1c(OC)cc(CCl)cc1OC. The molecule has 16 heavy (non-hydrogen) atoms. The summed E-state index contributed by atoms with van der Waals surface area (Å²) < 4.78 is 15.9. The molecule has 0 saturated heterocycles. The fraction of sp³-hybridized carbons (Fsp3) is 0.333. The minimum atomic E-state index is 0.396. The first-order valence-corrected chi connectivity index (χ1v) is 5.34. The molecule has 4 heteroatoms. The lowest BCUT2D eigenvalue weighted by atomic mass is 10.2. The molecule has 0 amide bonds. The van der Waals surface area contributed by atoms with Gasteiger partial charge in [-0.1, -0.05) is 12.7 Å². The van der Waals surface area contributed by atoms with E-state index < -0.39 is 0 Å². The summed E-state index contributed by atoms with van der Waals surface area (Å²) >= 11 is 5.77. The van der Waals surface area contributed by atoms with Crippen LogP contribution in [0, 0.1) is 0 Å². The molecule has 0 N–H and O–H groups in total. The number of hydrogen-bond acceptors (Lipinski definition) is 3. The van der Waals surface area contributed by atoms with E-state index in [4.69, 9.17) is 25.8 Å². The van der Waals surface area contributed by atoms with Crippen LogP contribution in [-0.2, 0) is 5.88 Å². The highest BCUT2D eigenvalue weighted by Gasteiger charge is 2.13. The van der Waals surface area contributed by atoms with Crippen LogP contribution in [-0.4, -0.2) is 20.8 Å². The Morgan fingerprint density at radius 2 is 1.81 bits per heavy atom. The van der Waals surface area contributed by atoms with Gasteiger partial charge in [0.1, 0.15) is 6.61 Å². The van der Waals surface area contributed by atoms with Crippen molar-refractivity contribution in [2.45, 2.75) is 5.88 Å². The first-order valence-electron chi connectivity index (χ1n) is 4.81. The summed E-state index contributed by atoms with van der Waals surface area (Å²) in [5, 5.41) is 0. The smallest absolute Gasteiger partial charge is 0.203 e. The van der Waals surface area contributed by atoms with Crippen LogP contribution in [0.2, 0.25) is 0 Å². The van der Waals surface area contributed by atoms with Crippen molar-refractivity contribution in [2.75, 3.05) is 20.8 Å². The fourth-order valence-corrected chi connectivity index (χ4v) is 1.45. The first-order chi connectivity index (χ1) is 7.76. The highest BCUT2D eigenvalue weighted by atomic mass is 35.5. The predicted molar refractivity (Wildman–Crippen MR) is 64.8 cm³/mol. The second-order valence-electron chi connectivity index (χ2n) is 3.06. The van der Waals surface area contributed by atoms with Crippen molar-refractivity contribution < 1.29 is 14.2 Å². The van der Waals surface area contributed by atoms with E-state index in [-0.39, 0.29) is 0 Å². The number of alkyl halides is 1. The molecule has 0 aliphatic heterocycles. The van der Waals surface area contributed by atoms with Crippen molar-refractivity contribution in [1.82, 2.24) is 0 Å². The summed E-state index contributed by atoms with van der Waals surface area (Å²) in [4.78, 5) is 0. The first kappa shape index (κ1) is 12.7. The zero-order chi connectivity index (χ0) is 12.0.